The van der Waals surface area contributed by atoms with Crippen molar-refractivity contribution in [3.8, 4) is 0 Å². The third kappa shape index (κ3) is 3.32. The van der Waals surface area contributed by atoms with Crippen LogP contribution in [0.15, 0.2) is 22.7 Å². The maximum atomic E-state index is 12.1. The summed E-state index contributed by atoms with van der Waals surface area (Å²) in [4.78, 5) is 13.9. The molecule has 0 saturated carbocycles. The lowest BCUT2D eigenvalue weighted by atomic mass is 10.1. The van der Waals surface area contributed by atoms with Gasteiger partial charge in [0, 0.05) is 29.0 Å². The van der Waals surface area contributed by atoms with Crippen molar-refractivity contribution in [3.63, 3.8) is 0 Å². The summed E-state index contributed by atoms with van der Waals surface area (Å²) in [6.07, 6.45) is 0.968. The Bertz CT molecular complexity index is 379. The zero-order valence-corrected chi connectivity index (χ0v) is 12.6. The third-order valence-corrected chi connectivity index (χ3v) is 3.89. The molecule has 1 rings (SSSR count). The molecule has 0 aromatic heterocycles. The van der Waals surface area contributed by atoms with Crippen LogP contribution in [-0.4, -0.2) is 29.7 Å². The molecule has 16 heavy (non-hydrogen) atoms. The van der Waals surface area contributed by atoms with Gasteiger partial charge in [0.15, 0.2) is 0 Å². The van der Waals surface area contributed by atoms with E-state index in [0.717, 1.165) is 33.9 Å². The summed E-state index contributed by atoms with van der Waals surface area (Å²) >= 11 is 6.80. The van der Waals surface area contributed by atoms with Crippen molar-refractivity contribution in [1.82, 2.24) is 4.90 Å². The fraction of sp³-hybridized carbons (Fsp3) is 0.417. The maximum Gasteiger partial charge on any atom is 0.253 e. The van der Waals surface area contributed by atoms with Crippen LogP contribution in [0.4, 0.5) is 0 Å². The number of amides is 1. The van der Waals surface area contributed by atoms with Crippen molar-refractivity contribution in [2.45, 2.75) is 13.3 Å². The molecule has 0 bridgehead atoms. The Kier molecular flexibility index (Phi) is 5.49. The van der Waals surface area contributed by atoms with Crippen LogP contribution in [0.1, 0.15) is 22.3 Å². The molecule has 1 aromatic rings. The lowest BCUT2D eigenvalue weighted by molar-refractivity contribution is 0.0795. The predicted molar refractivity (Wildman–Crippen MR) is 74.3 cm³/mol. The highest BCUT2D eigenvalue weighted by Crippen LogP contribution is 2.20. The number of nitrogens with zero attached hydrogens (tertiary/aromatic N) is 1. The molecule has 0 atom stereocenters. The van der Waals surface area contributed by atoms with E-state index in [4.69, 9.17) is 0 Å². The fourth-order valence-electron chi connectivity index (χ4n) is 1.44. The number of halogens is 2. The average Bonchev–Trinajstić information content (AvgIpc) is 2.28. The van der Waals surface area contributed by atoms with Gasteiger partial charge < -0.3 is 4.90 Å². The first-order valence-electron chi connectivity index (χ1n) is 5.14. The van der Waals surface area contributed by atoms with Gasteiger partial charge in [-0.25, -0.2) is 0 Å². The molecular formula is C12H15Br2NO. The molecule has 0 unspecified atom stereocenters. The molecule has 0 aliphatic rings. The lowest BCUT2D eigenvalue weighted by Gasteiger charge is -2.18. The molecule has 0 radical (unpaired) electrons. The fourth-order valence-corrected chi connectivity index (χ4v) is 2.06. The molecule has 0 aliphatic carbocycles. The van der Waals surface area contributed by atoms with Crippen molar-refractivity contribution in [2.24, 2.45) is 0 Å². The van der Waals surface area contributed by atoms with Gasteiger partial charge in [0.2, 0.25) is 0 Å². The molecule has 2 nitrogen and oxygen atoms in total. The van der Waals surface area contributed by atoms with E-state index < -0.39 is 0 Å². The monoisotopic (exact) mass is 347 g/mol. The first kappa shape index (κ1) is 13.7. The van der Waals surface area contributed by atoms with Crippen LogP contribution in [0.5, 0.6) is 0 Å². The van der Waals surface area contributed by atoms with Gasteiger partial charge in [-0.1, -0.05) is 37.9 Å². The van der Waals surface area contributed by atoms with Crippen molar-refractivity contribution < 1.29 is 4.79 Å². The molecule has 0 aliphatic heterocycles. The van der Waals surface area contributed by atoms with Gasteiger partial charge in [-0.2, -0.15) is 0 Å². The second-order valence-corrected chi connectivity index (χ2v) is 5.33. The Labute approximate surface area is 113 Å². The largest absolute Gasteiger partial charge is 0.342 e. The number of rotatable bonds is 4. The molecule has 1 amide bonds. The van der Waals surface area contributed by atoms with Gasteiger partial charge >= 0.3 is 0 Å². The third-order valence-electron chi connectivity index (χ3n) is 2.47. The zero-order chi connectivity index (χ0) is 12.1. The summed E-state index contributed by atoms with van der Waals surface area (Å²) in [6.45, 7) is 2.73. The number of alkyl halides is 1. The van der Waals surface area contributed by atoms with Gasteiger partial charge in [-0.3, -0.25) is 4.79 Å². The van der Waals surface area contributed by atoms with Crippen molar-refractivity contribution in [1.29, 1.82) is 0 Å². The van der Waals surface area contributed by atoms with E-state index >= 15 is 0 Å². The van der Waals surface area contributed by atoms with Gasteiger partial charge in [0.05, 0.1) is 0 Å². The first-order valence-corrected chi connectivity index (χ1v) is 7.06. The standard InChI is InChI=1S/C12H15Br2NO/c1-9-10(5-3-6-11(9)14)12(16)15(2)8-4-7-13/h3,5-6H,4,7-8H2,1-2H3. The Morgan fingerprint density at radius 3 is 2.75 bits per heavy atom. The van der Waals surface area contributed by atoms with Crippen molar-refractivity contribution >= 4 is 37.8 Å². The summed E-state index contributed by atoms with van der Waals surface area (Å²) < 4.78 is 0.979. The zero-order valence-electron chi connectivity index (χ0n) is 9.46. The number of hydrogen-bond acceptors (Lipinski definition) is 1. The Hall–Kier alpha value is -0.350. The molecule has 88 valence electrons. The van der Waals surface area contributed by atoms with Crippen molar-refractivity contribution in [3.05, 3.63) is 33.8 Å². The van der Waals surface area contributed by atoms with Crippen LogP contribution >= 0.6 is 31.9 Å². The summed E-state index contributed by atoms with van der Waals surface area (Å²) in [5.41, 5.74) is 1.77. The Morgan fingerprint density at radius 2 is 2.12 bits per heavy atom. The lowest BCUT2D eigenvalue weighted by Crippen LogP contribution is -2.28. The number of hydrogen-bond donors (Lipinski definition) is 0. The van der Waals surface area contributed by atoms with E-state index in [1.54, 1.807) is 4.90 Å². The number of benzene rings is 1. The second-order valence-electron chi connectivity index (χ2n) is 3.68. The van der Waals surface area contributed by atoms with Crippen LogP contribution in [0.25, 0.3) is 0 Å². The first-order chi connectivity index (χ1) is 7.57. The minimum Gasteiger partial charge on any atom is -0.342 e. The highest BCUT2D eigenvalue weighted by Gasteiger charge is 2.14. The van der Waals surface area contributed by atoms with Gasteiger partial charge in [0.1, 0.15) is 0 Å². The molecule has 0 saturated heterocycles. The van der Waals surface area contributed by atoms with Crippen LogP contribution < -0.4 is 0 Å². The van der Waals surface area contributed by atoms with E-state index in [-0.39, 0.29) is 5.91 Å². The Balaban J connectivity index is 2.84. The molecule has 0 heterocycles. The Morgan fingerprint density at radius 1 is 1.44 bits per heavy atom. The van der Waals surface area contributed by atoms with Crippen LogP contribution in [0, 0.1) is 6.92 Å². The topological polar surface area (TPSA) is 20.3 Å². The molecule has 4 heteroatoms. The minimum atomic E-state index is 0.0831. The molecule has 0 spiro atoms. The average molecular weight is 349 g/mol. The van der Waals surface area contributed by atoms with Gasteiger partial charge in [-0.05, 0) is 31.0 Å². The van der Waals surface area contributed by atoms with Crippen LogP contribution in [-0.2, 0) is 0 Å². The van der Waals surface area contributed by atoms with E-state index in [0.29, 0.717) is 0 Å². The summed E-state index contributed by atoms with van der Waals surface area (Å²) in [5, 5.41) is 0.919. The van der Waals surface area contributed by atoms with E-state index in [1.165, 1.54) is 0 Å². The summed E-state index contributed by atoms with van der Waals surface area (Å²) in [7, 11) is 1.84. The second kappa shape index (κ2) is 6.40. The quantitative estimate of drug-likeness (QED) is 0.761. The van der Waals surface area contributed by atoms with Crippen LogP contribution in [0.3, 0.4) is 0 Å². The molecule has 1 aromatic carbocycles. The number of carbonyl (C=O) groups is 1. The summed E-state index contributed by atoms with van der Waals surface area (Å²) in [5.74, 6) is 0.0831. The molecule has 0 N–H and O–H groups in total. The maximum absolute atomic E-state index is 12.1. The van der Waals surface area contributed by atoms with E-state index in [2.05, 4.69) is 31.9 Å². The van der Waals surface area contributed by atoms with Gasteiger partial charge in [0.25, 0.3) is 5.91 Å². The number of carbonyl (C=O) groups excluding carboxylic acids is 1. The normalized spacial score (nSPS) is 10.2. The van der Waals surface area contributed by atoms with Crippen molar-refractivity contribution in [2.75, 3.05) is 18.9 Å². The highest BCUT2D eigenvalue weighted by molar-refractivity contribution is 9.10. The van der Waals surface area contributed by atoms with Crippen LogP contribution in [0.2, 0.25) is 0 Å². The summed E-state index contributed by atoms with van der Waals surface area (Å²) in [6, 6.07) is 5.71. The predicted octanol–water partition coefficient (Wildman–Crippen LogP) is 3.61. The highest BCUT2D eigenvalue weighted by atomic mass is 79.9. The van der Waals surface area contributed by atoms with E-state index in [9.17, 15) is 4.79 Å². The van der Waals surface area contributed by atoms with E-state index in [1.807, 2.05) is 32.2 Å². The molecular weight excluding hydrogens is 334 g/mol. The molecule has 0 fully saturated rings. The smallest absolute Gasteiger partial charge is 0.253 e. The minimum absolute atomic E-state index is 0.0831. The van der Waals surface area contributed by atoms with Gasteiger partial charge in [-0.15, -0.1) is 0 Å². The SMILES string of the molecule is Cc1c(Br)cccc1C(=O)N(C)CCCBr.